The summed E-state index contributed by atoms with van der Waals surface area (Å²) in [6, 6.07) is 7.61. The van der Waals surface area contributed by atoms with E-state index in [4.69, 9.17) is 23.9 Å². The van der Waals surface area contributed by atoms with Crippen molar-refractivity contribution in [1.82, 2.24) is 19.8 Å². The van der Waals surface area contributed by atoms with Crippen LogP contribution >= 0.6 is 0 Å². The zero-order valence-electron chi connectivity index (χ0n) is 24.9. The van der Waals surface area contributed by atoms with E-state index in [0.29, 0.717) is 50.1 Å². The minimum Gasteiger partial charge on any atom is -0.477 e. The highest BCUT2D eigenvalue weighted by molar-refractivity contribution is 5.76. The Labute approximate surface area is 237 Å². The molecule has 0 radical (unpaired) electrons. The van der Waals surface area contributed by atoms with Crippen molar-refractivity contribution in [3.63, 3.8) is 0 Å². The van der Waals surface area contributed by atoms with Gasteiger partial charge in [-0.25, -0.2) is 19.6 Å². The van der Waals surface area contributed by atoms with Gasteiger partial charge in [0.25, 0.3) is 0 Å². The van der Waals surface area contributed by atoms with Crippen LogP contribution in [-0.4, -0.2) is 83.1 Å². The molecule has 0 saturated heterocycles. The summed E-state index contributed by atoms with van der Waals surface area (Å²) in [4.78, 5) is 37.3. The van der Waals surface area contributed by atoms with E-state index in [1.165, 1.54) is 4.90 Å². The van der Waals surface area contributed by atoms with Gasteiger partial charge in [0.2, 0.25) is 11.8 Å². The van der Waals surface area contributed by atoms with Gasteiger partial charge in [-0.2, -0.15) is 0 Å². The van der Waals surface area contributed by atoms with Crippen LogP contribution in [0.3, 0.4) is 0 Å². The fraction of sp³-hybridized carbons (Fsp3) is 0.533. The van der Waals surface area contributed by atoms with Gasteiger partial charge < -0.3 is 28.7 Å². The number of nitrogens with zero attached hydrogens (tertiary/aromatic N) is 4. The van der Waals surface area contributed by atoms with E-state index >= 15 is 0 Å². The van der Waals surface area contributed by atoms with Crippen LogP contribution in [0.4, 0.5) is 9.59 Å². The lowest BCUT2D eigenvalue weighted by Gasteiger charge is -2.30. The monoisotopic (exact) mass is 554 g/mol. The zero-order chi connectivity index (χ0) is 29.5. The van der Waals surface area contributed by atoms with Crippen LogP contribution < -0.4 is 9.47 Å². The molecule has 2 aromatic heterocycles. The summed E-state index contributed by atoms with van der Waals surface area (Å²) in [5, 5.41) is 0. The van der Waals surface area contributed by atoms with E-state index in [9.17, 15) is 9.59 Å². The summed E-state index contributed by atoms with van der Waals surface area (Å²) >= 11 is 0. The molecule has 0 unspecified atom stereocenters. The molecule has 0 fully saturated rings. The van der Waals surface area contributed by atoms with Gasteiger partial charge >= 0.3 is 12.2 Å². The van der Waals surface area contributed by atoms with Crippen molar-refractivity contribution in [2.75, 3.05) is 39.9 Å². The number of pyridine rings is 2. The van der Waals surface area contributed by atoms with Crippen LogP contribution in [0.5, 0.6) is 11.8 Å². The lowest BCUT2D eigenvalue weighted by Crippen LogP contribution is -2.39. The van der Waals surface area contributed by atoms with E-state index in [1.54, 1.807) is 18.1 Å². The fourth-order valence-corrected chi connectivity index (χ4v) is 3.90. The maximum atomic E-state index is 12.5. The highest BCUT2D eigenvalue weighted by Crippen LogP contribution is 2.34. The first kappa shape index (κ1) is 30.7. The zero-order valence-corrected chi connectivity index (χ0v) is 24.9. The van der Waals surface area contributed by atoms with Gasteiger partial charge in [0.05, 0.1) is 24.4 Å². The lowest BCUT2D eigenvalue weighted by atomic mass is 9.99. The number of hydrogen-bond donors (Lipinski definition) is 0. The number of likely N-dealkylation sites (N-methyl/N-ethyl adjacent to an activating group) is 1. The van der Waals surface area contributed by atoms with Crippen molar-refractivity contribution in [2.45, 2.75) is 66.1 Å². The molecule has 0 spiro atoms. The Hall–Kier alpha value is -3.82. The molecular formula is C30H42N4O6. The highest BCUT2D eigenvalue weighted by Gasteiger charge is 2.26. The maximum Gasteiger partial charge on any atom is 0.410 e. The van der Waals surface area contributed by atoms with Crippen molar-refractivity contribution in [2.24, 2.45) is 0 Å². The molecule has 0 atom stereocenters. The molecule has 0 N–H and O–H groups in total. The molecule has 10 nitrogen and oxygen atoms in total. The number of amides is 2. The molecular weight excluding hydrogens is 512 g/mol. The molecule has 2 amide bonds. The van der Waals surface area contributed by atoms with E-state index in [1.807, 2.05) is 78.8 Å². The minimum atomic E-state index is -0.585. The van der Waals surface area contributed by atoms with Gasteiger partial charge in [-0.05, 0) is 84.7 Å². The fourth-order valence-electron chi connectivity index (χ4n) is 3.90. The van der Waals surface area contributed by atoms with Crippen molar-refractivity contribution < 1.29 is 28.5 Å². The third-order valence-electron chi connectivity index (χ3n) is 5.77. The Bertz CT molecular complexity index is 1220. The maximum absolute atomic E-state index is 12.5. The van der Waals surface area contributed by atoms with Crippen molar-refractivity contribution >= 4 is 17.8 Å². The molecule has 0 saturated carbocycles. The first-order valence-electron chi connectivity index (χ1n) is 13.6. The quantitative estimate of drug-likeness (QED) is 0.403. The molecule has 0 aromatic carbocycles. The van der Waals surface area contributed by atoms with Gasteiger partial charge in [-0.3, -0.25) is 0 Å². The molecule has 0 aliphatic carbocycles. The molecule has 10 heteroatoms. The predicted octanol–water partition coefficient (Wildman–Crippen LogP) is 5.81. The summed E-state index contributed by atoms with van der Waals surface area (Å²) in [6.45, 7) is 14.9. The standard InChI is InChI=1S/C30H42N4O6/c1-9-37-25-23(11-10-16-31-25)24-13-12-22(21-14-17-34(18-15-21)28(36)40-30(5,6)7)26(32-24)38-20-19-33(8)27(35)39-29(2,3)4/h10-14,16H,9,15,17-20H2,1-8H3. The van der Waals surface area contributed by atoms with Crippen LogP contribution in [0.25, 0.3) is 16.8 Å². The Morgan fingerprint density at radius 1 is 0.975 bits per heavy atom. The van der Waals surface area contributed by atoms with Crippen molar-refractivity contribution in [3.8, 4) is 23.0 Å². The van der Waals surface area contributed by atoms with Crippen LogP contribution in [0.2, 0.25) is 0 Å². The van der Waals surface area contributed by atoms with Gasteiger partial charge in [0.15, 0.2) is 0 Å². The second kappa shape index (κ2) is 13.0. The number of ether oxygens (including phenoxy) is 4. The van der Waals surface area contributed by atoms with Crippen LogP contribution in [0, 0.1) is 0 Å². The lowest BCUT2D eigenvalue weighted by molar-refractivity contribution is 0.0262. The topological polar surface area (TPSA) is 103 Å². The molecule has 3 rings (SSSR count). The number of carbonyl (C=O) groups is 2. The second-order valence-electron chi connectivity index (χ2n) is 11.5. The van der Waals surface area contributed by atoms with E-state index in [2.05, 4.69) is 4.98 Å². The molecule has 218 valence electrons. The highest BCUT2D eigenvalue weighted by atomic mass is 16.6. The van der Waals surface area contributed by atoms with Crippen molar-refractivity contribution in [3.05, 3.63) is 42.1 Å². The van der Waals surface area contributed by atoms with Crippen LogP contribution in [0.15, 0.2) is 36.5 Å². The Morgan fingerprint density at radius 2 is 1.70 bits per heavy atom. The van der Waals surface area contributed by atoms with Crippen LogP contribution in [-0.2, 0) is 9.47 Å². The van der Waals surface area contributed by atoms with Gasteiger partial charge in [0, 0.05) is 31.9 Å². The van der Waals surface area contributed by atoms with E-state index in [0.717, 1.165) is 16.7 Å². The largest absolute Gasteiger partial charge is 0.477 e. The Balaban J connectivity index is 1.85. The summed E-state index contributed by atoms with van der Waals surface area (Å²) in [7, 11) is 1.67. The van der Waals surface area contributed by atoms with Gasteiger partial charge in [-0.15, -0.1) is 0 Å². The summed E-state index contributed by atoms with van der Waals surface area (Å²) < 4.78 is 22.9. The van der Waals surface area contributed by atoms with Crippen molar-refractivity contribution in [1.29, 1.82) is 0 Å². The summed E-state index contributed by atoms with van der Waals surface area (Å²) in [5.41, 5.74) is 2.11. The Morgan fingerprint density at radius 3 is 2.33 bits per heavy atom. The van der Waals surface area contributed by atoms with Gasteiger partial charge in [-0.1, -0.05) is 6.08 Å². The summed E-state index contributed by atoms with van der Waals surface area (Å²) in [6.07, 6.45) is 3.53. The number of rotatable bonds is 8. The number of carbonyl (C=O) groups excluding carboxylic acids is 2. The van der Waals surface area contributed by atoms with E-state index in [-0.39, 0.29) is 12.7 Å². The number of aromatic nitrogens is 2. The third-order valence-corrected chi connectivity index (χ3v) is 5.77. The number of hydrogen-bond acceptors (Lipinski definition) is 8. The molecule has 0 bridgehead atoms. The molecule has 1 aliphatic rings. The third kappa shape index (κ3) is 8.86. The predicted molar refractivity (Wildman–Crippen MR) is 153 cm³/mol. The Kier molecular flexibility index (Phi) is 10.0. The smallest absolute Gasteiger partial charge is 0.410 e. The van der Waals surface area contributed by atoms with E-state index < -0.39 is 17.3 Å². The molecule has 40 heavy (non-hydrogen) atoms. The second-order valence-corrected chi connectivity index (χ2v) is 11.5. The molecule has 3 heterocycles. The normalized spacial score (nSPS) is 13.8. The first-order chi connectivity index (χ1) is 18.8. The summed E-state index contributed by atoms with van der Waals surface area (Å²) in [5.74, 6) is 0.920. The SMILES string of the molecule is CCOc1ncccc1-c1ccc(C2=CCN(C(=O)OC(C)(C)C)CC2)c(OCCN(C)C(=O)OC(C)(C)C)n1. The average molecular weight is 555 g/mol. The van der Waals surface area contributed by atoms with Gasteiger partial charge in [0.1, 0.15) is 17.8 Å². The molecule has 1 aliphatic heterocycles. The van der Waals surface area contributed by atoms with Crippen LogP contribution in [0.1, 0.15) is 60.5 Å². The molecule has 2 aromatic rings. The average Bonchev–Trinajstić information content (AvgIpc) is 2.87. The first-order valence-corrected chi connectivity index (χ1v) is 13.6. The minimum absolute atomic E-state index is 0.210.